The van der Waals surface area contributed by atoms with E-state index in [1.54, 1.807) is 0 Å². The molecule has 1 N–H and O–H groups in total. The zero-order valence-corrected chi connectivity index (χ0v) is 11.3. The molecule has 0 radical (unpaired) electrons. The maximum absolute atomic E-state index is 13.9. The summed E-state index contributed by atoms with van der Waals surface area (Å²) >= 11 is 0. The molecule has 3 unspecified atom stereocenters. The Morgan fingerprint density at radius 1 is 1.16 bits per heavy atom. The number of rotatable bonds is 4. The van der Waals surface area contributed by atoms with E-state index < -0.39 is 17.5 Å². The molecule has 0 aromatic heterocycles. The average molecular weight is 271 g/mol. The van der Waals surface area contributed by atoms with Crippen molar-refractivity contribution in [2.24, 2.45) is 11.8 Å². The minimum atomic E-state index is -1.13. The summed E-state index contributed by atoms with van der Waals surface area (Å²) in [6.45, 7) is 4.75. The Labute approximate surface area is 112 Å². The van der Waals surface area contributed by atoms with Crippen LogP contribution in [0.5, 0.6) is 0 Å². The minimum absolute atomic E-state index is 0.238. The highest BCUT2D eigenvalue weighted by Gasteiger charge is 2.33. The van der Waals surface area contributed by atoms with Gasteiger partial charge < -0.3 is 5.32 Å². The average Bonchev–Trinajstić information content (AvgIpc) is 2.77. The Kier molecular flexibility index (Phi) is 4.50. The predicted molar refractivity (Wildman–Crippen MR) is 69.2 cm³/mol. The second-order valence-corrected chi connectivity index (χ2v) is 5.40. The number of nitrogens with one attached hydrogen (secondary N) is 1. The van der Waals surface area contributed by atoms with E-state index in [1.165, 1.54) is 0 Å². The van der Waals surface area contributed by atoms with Crippen molar-refractivity contribution in [2.45, 2.75) is 39.2 Å². The van der Waals surface area contributed by atoms with Crippen LogP contribution in [0.15, 0.2) is 12.1 Å². The fourth-order valence-electron chi connectivity index (χ4n) is 3.16. The fourth-order valence-corrected chi connectivity index (χ4v) is 3.16. The highest BCUT2D eigenvalue weighted by molar-refractivity contribution is 5.24. The molecule has 1 aromatic rings. The number of hydrogen-bond donors (Lipinski definition) is 1. The van der Waals surface area contributed by atoms with E-state index in [0.29, 0.717) is 18.5 Å². The number of benzene rings is 1. The predicted octanol–water partition coefficient (Wildman–Crippen LogP) is 4.19. The molecule has 1 nitrogen and oxygen atoms in total. The van der Waals surface area contributed by atoms with Crippen molar-refractivity contribution in [3.8, 4) is 0 Å². The largest absolute Gasteiger partial charge is 0.310 e. The Balaban J connectivity index is 2.35. The molecule has 1 aliphatic rings. The first kappa shape index (κ1) is 14.4. The van der Waals surface area contributed by atoms with Crippen LogP contribution >= 0.6 is 0 Å². The minimum Gasteiger partial charge on any atom is -0.310 e. The van der Waals surface area contributed by atoms with Crippen LogP contribution in [-0.4, -0.2) is 6.54 Å². The first-order valence-electron chi connectivity index (χ1n) is 6.92. The molecular formula is C15H20F3N. The molecule has 3 atom stereocenters. The SMILES string of the molecule is CCNC(c1cc(F)c(F)cc1F)C1CCCC1C. The van der Waals surface area contributed by atoms with Crippen LogP contribution in [0.4, 0.5) is 13.2 Å². The van der Waals surface area contributed by atoms with Gasteiger partial charge in [-0.25, -0.2) is 13.2 Å². The van der Waals surface area contributed by atoms with E-state index in [0.717, 1.165) is 25.3 Å². The van der Waals surface area contributed by atoms with Crippen LogP contribution in [0, 0.1) is 29.3 Å². The topological polar surface area (TPSA) is 12.0 Å². The van der Waals surface area contributed by atoms with Crippen molar-refractivity contribution in [3.63, 3.8) is 0 Å². The molecule has 1 fully saturated rings. The molecule has 19 heavy (non-hydrogen) atoms. The van der Waals surface area contributed by atoms with E-state index in [4.69, 9.17) is 0 Å². The summed E-state index contributed by atoms with van der Waals surface area (Å²) in [5.74, 6) is -2.03. The zero-order valence-electron chi connectivity index (χ0n) is 11.3. The summed E-state index contributed by atoms with van der Waals surface area (Å²) < 4.78 is 40.3. The van der Waals surface area contributed by atoms with Crippen LogP contribution in [0.25, 0.3) is 0 Å². The standard InChI is InChI=1S/C15H20F3N/c1-3-19-15(10-6-4-5-9(10)2)11-7-13(17)14(18)8-12(11)16/h7-10,15,19H,3-6H2,1-2H3. The third-order valence-electron chi connectivity index (χ3n) is 4.15. The lowest BCUT2D eigenvalue weighted by atomic mass is 9.85. The van der Waals surface area contributed by atoms with Crippen LogP contribution in [0.1, 0.15) is 44.7 Å². The van der Waals surface area contributed by atoms with Crippen molar-refractivity contribution >= 4 is 0 Å². The van der Waals surface area contributed by atoms with Gasteiger partial charge in [0, 0.05) is 17.7 Å². The molecule has 0 amide bonds. The summed E-state index contributed by atoms with van der Waals surface area (Å²) in [6, 6.07) is 1.41. The van der Waals surface area contributed by atoms with Crippen molar-refractivity contribution in [1.82, 2.24) is 5.32 Å². The lowest BCUT2D eigenvalue weighted by Crippen LogP contribution is -2.30. The summed E-state index contributed by atoms with van der Waals surface area (Å²) in [4.78, 5) is 0. The van der Waals surface area contributed by atoms with Crippen molar-refractivity contribution in [2.75, 3.05) is 6.54 Å². The molecule has 1 saturated carbocycles. The van der Waals surface area contributed by atoms with Crippen LogP contribution in [0.2, 0.25) is 0 Å². The first-order valence-corrected chi connectivity index (χ1v) is 6.92. The van der Waals surface area contributed by atoms with Crippen molar-refractivity contribution in [1.29, 1.82) is 0 Å². The molecule has 0 spiro atoms. The maximum Gasteiger partial charge on any atom is 0.161 e. The van der Waals surface area contributed by atoms with Gasteiger partial charge in [0.15, 0.2) is 11.6 Å². The number of halogens is 3. The molecule has 2 rings (SSSR count). The fraction of sp³-hybridized carbons (Fsp3) is 0.600. The molecular weight excluding hydrogens is 251 g/mol. The highest BCUT2D eigenvalue weighted by atomic mass is 19.2. The second-order valence-electron chi connectivity index (χ2n) is 5.40. The third-order valence-corrected chi connectivity index (χ3v) is 4.15. The molecule has 0 heterocycles. The van der Waals surface area contributed by atoms with Crippen LogP contribution < -0.4 is 5.32 Å². The van der Waals surface area contributed by atoms with Gasteiger partial charge in [-0.3, -0.25) is 0 Å². The molecule has 0 aliphatic heterocycles. The summed E-state index contributed by atoms with van der Waals surface area (Å²) in [5, 5.41) is 3.23. The molecule has 106 valence electrons. The normalized spacial score (nSPS) is 24.7. The van der Waals surface area contributed by atoms with E-state index in [-0.39, 0.29) is 17.5 Å². The van der Waals surface area contributed by atoms with Crippen LogP contribution in [-0.2, 0) is 0 Å². The van der Waals surface area contributed by atoms with Gasteiger partial charge in [0.1, 0.15) is 5.82 Å². The summed E-state index contributed by atoms with van der Waals surface area (Å²) in [7, 11) is 0. The zero-order chi connectivity index (χ0) is 14.0. The van der Waals surface area contributed by atoms with E-state index in [9.17, 15) is 13.2 Å². The Morgan fingerprint density at radius 2 is 1.84 bits per heavy atom. The van der Waals surface area contributed by atoms with Gasteiger partial charge in [-0.15, -0.1) is 0 Å². The van der Waals surface area contributed by atoms with Gasteiger partial charge in [0.05, 0.1) is 0 Å². The Hall–Kier alpha value is -1.03. The Bertz CT molecular complexity index is 447. The van der Waals surface area contributed by atoms with Gasteiger partial charge >= 0.3 is 0 Å². The molecule has 1 aliphatic carbocycles. The summed E-state index contributed by atoms with van der Waals surface area (Å²) in [5.41, 5.74) is 0.250. The summed E-state index contributed by atoms with van der Waals surface area (Å²) in [6.07, 6.45) is 3.22. The van der Waals surface area contributed by atoms with Gasteiger partial charge in [-0.1, -0.05) is 26.7 Å². The maximum atomic E-state index is 13.9. The van der Waals surface area contributed by atoms with Crippen molar-refractivity contribution in [3.05, 3.63) is 35.1 Å². The molecule has 1 aromatic carbocycles. The Morgan fingerprint density at radius 3 is 2.42 bits per heavy atom. The smallest absolute Gasteiger partial charge is 0.161 e. The number of hydrogen-bond acceptors (Lipinski definition) is 1. The van der Waals surface area contributed by atoms with Gasteiger partial charge in [-0.05, 0) is 30.9 Å². The van der Waals surface area contributed by atoms with Crippen LogP contribution in [0.3, 0.4) is 0 Å². The molecule has 0 saturated heterocycles. The molecule has 0 bridgehead atoms. The molecule has 4 heteroatoms. The van der Waals surface area contributed by atoms with Crippen molar-refractivity contribution < 1.29 is 13.2 Å². The monoisotopic (exact) mass is 271 g/mol. The lowest BCUT2D eigenvalue weighted by molar-refractivity contribution is 0.297. The van der Waals surface area contributed by atoms with E-state index in [2.05, 4.69) is 12.2 Å². The van der Waals surface area contributed by atoms with Gasteiger partial charge in [-0.2, -0.15) is 0 Å². The van der Waals surface area contributed by atoms with Gasteiger partial charge in [0.25, 0.3) is 0 Å². The second kappa shape index (κ2) is 5.95. The van der Waals surface area contributed by atoms with E-state index in [1.807, 2.05) is 6.92 Å². The quantitative estimate of drug-likeness (QED) is 0.810. The van der Waals surface area contributed by atoms with Gasteiger partial charge in [0.2, 0.25) is 0 Å². The van der Waals surface area contributed by atoms with E-state index >= 15 is 0 Å². The lowest BCUT2D eigenvalue weighted by Gasteiger charge is -2.28. The first-order chi connectivity index (χ1) is 9.04. The third kappa shape index (κ3) is 2.94. The highest BCUT2D eigenvalue weighted by Crippen LogP contribution is 2.40.